The van der Waals surface area contributed by atoms with Crippen LogP contribution in [0.1, 0.15) is 6.92 Å². The molecular weight excluding hydrogens is 95.1 g/mol. The monoisotopic (exact) mass is 102 g/mol. The Labute approximate surface area is 41.8 Å². The number of halogens is 1. The second-order valence-corrected chi connectivity index (χ2v) is 1.23. The van der Waals surface area contributed by atoms with Crippen LogP contribution in [0.15, 0.2) is 24.2 Å². The molecule has 0 atom stereocenters. The maximum absolute atomic E-state index is 11.5. The van der Waals surface area contributed by atoms with E-state index in [2.05, 4.69) is 6.58 Å². The maximum Gasteiger partial charge on any atom is 0.119 e. The van der Waals surface area contributed by atoms with Gasteiger partial charge < -0.3 is 5.11 Å². The van der Waals surface area contributed by atoms with Gasteiger partial charge in [-0.2, -0.15) is 0 Å². The Hall–Kier alpha value is -0.790. The SMILES string of the molecule is C=C(F)/C=C(\C)O. The lowest BCUT2D eigenvalue weighted by molar-refractivity contribution is 0.411. The molecule has 0 rings (SSSR count). The van der Waals surface area contributed by atoms with E-state index in [1.165, 1.54) is 6.92 Å². The number of rotatable bonds is 1. The first-order chi connectivity index (χ1) is 3.13. The van der Waals surface area contributed by atoms with Gasteiger partial charge in [0, 0.05) is 6.08 Å². The first kappa shape index (κ1) is 6.21. The van der Waals surface area contributed by atoms with Crippen LogP contribution in [-0.4, -0.2) is 5.11 Å². The van der Waals surface area contributed by atoms with E-state index in [-0.39, 0.29) is 5.76 Å². The van der Waals surface area contributed by atoms with Crippen molar-refractivity contribution in [3.05, 3.63) is 24.2 Å². The zero-order valence-electron chi connectivity index (χ0n) is 4.11. The third-order valence-electron chi connectivity index (χ3n) is 0.366. The predicted molar refractivity (Wildman–Crippen MR) is 26.6 cm³/mol. The average Bonchev–Trinajstić information content (AvgIpc) is 1.27. The van der Waals surface area contributed by atoms with E-state index in [0.29, 0.717) is 0 Å². The number of aliphatic hydroxyl groups excluding tert-OH is 1. The first-order valence-electron chi connectivity index (χ1n) is 1.84. The summed E-state index contributed by atoms with van der Waals surface area (Å²) in [5, 5.41) is 8.28. The summed E-state index contributed by atoms with van der Waals surface area (Å²) in [5.74, 6) is -0.687. The third-order valence-corrected chi connectivity index (χ3v) is 0.366. The molecule has 1 nitrogen and oxygen atoms in total. The summed E-state index contributed by atoms with van der Waals surface area (Å²) in [6, 6.07) is 0. The lowest BCUT2D eigenvalue weighted by Gasteiger charge is -1.81. The van der Waals surface area contributed by atoms with Gasteiger partial charge in [-0.3, -0.25) is 0 Å². The second-order valence-electron chi connectivity index (χ2n) is 1.23. The molecule has 40 valence electrons. The molecular formula is C5H7FO. The Morgan fingerprint density at radius 2 is 2.29 bits per heavy atom. The van der Waals surface area contributed by atoms with Crippen LogP contribution in [0.5, 0.6) is 0 Å². The largest absolute Gasteiger partial charge is 0.513 e. The van der Waals surface area contributed by atoms with Crippen LogP contribution in [0, 0.1) is 0 Å². The van der Waals surface area contributed by atoms with Crippen molar-refractivity contribution in [2.24, 2.45) is 0 Å². The van der Waals surface area contributed by atoms with E-state index in [9.17, 15) is 4.39 Å². The van der Waals surface area contributed by atoms with Crippen molar-refractivity contribution in [2.75, 3.05) is 0 Å². The molecule has 0 unspecified atom stereocenters. The maximum atomic E-state index is 11.5. The molecule has 0 aromatic carbocycles. The molecule has 0 radical (unpaired) electrons. The zero-order valence-corrected chi connectivity index (χ0v) is 4.11. The van der Waals surface area contributed by atoms with Gasteiger partial charge in [-0.05, 0) is 6.92 Å². The van der Waals surface area contributed by atoms with Gasteiger partial charge in [-0.15, -0.1) is 0 Å². The number of aliphatic hydroxyl groups is 1. The highest BCUT2D eigenvalue weighted by Crippen LogP contribution is 1.95. The fraction of sp³-hybridized carbons (Fsp3) is 0.200. The van der Waals surface area contributed by atoms with E-state index < -0.39 is 5.83 Å². The lowest BCUT2D eigenvalue weighted by Crippen LogP contribution is -1.67. The lowest BCUT2D eigenvalue weighted by atomic mass is 10.4. The molecule has 0 saturated heterocycles. The normalized spacial score (nSPS) is 11.4. The summed E-state index contributed by atoms with van der Waals surface area (Å²) in [5.41, 5.74) is 0. The van der Waals surface area contributed by atoms with Gasteiger partial charge in [-0.1, -0.05) is 6.58 Å². The molecule has 1 N–H and O–H groups in total. The quantitative estimate of drug-likeness (QED) is 0.396. The van der Waals surface area contributed by atoms with Gasteiger partial charge in [-0.25, -0.2) is 4.39 Å². The van der Waals surface area contributed by atoms with E-state index in [0.717, 1.165) is 6.08 Å². The molecule has 0 aliphatic rings. The Bertz CT molecular complexity index is 101. The molecule has 0 spiro atoms. The first-order valence-corrected chi connectivity index (χ1v) is 1.84. The summed E-state index contributed by atoms with van der Waals surface area (Å²) >= 11 is 0. The van der Waals surface area contributed by atoms with Crippen LogP contribution >= 0.6 is 0 Å². The molecule has 0 bridgehead atoms. The highest BCUT2D eigenvalue weighted by molar-refractivity contribution is 5.07. The minimum absolute atomic E-state index is 0.0625. The standard InChI is InChI=1S/C5H7FO/c1-4(6)3-5(2)7/h3,7H,1H2,2H3/b5-3+. The number of hydrogen-bond acceptors (Lipinski definition) is 1. The Kier molecular flexibility index (Phi) is 2.12. The highest BCUT2D eigenvalue weighted by atomic mass is 19.1. The van der Waals surface area contributed by atoms with Gasteiger partial charge in [0.15, 0.2) is 0 Å². The van der Waals surface area contributed by atoms with E-state index in [1.54, 1.807) is 0 Å². The third kappa shape index (κ3) is 5.21. The molecule has 0 aromatic heterocycles. The smallest absolute Gasteiger partial charge is 0.119 e. The predicted octanol–water partition coefficient (Wildman–Crippen LogP) is 1.93. The Morgan fingerprint density at radius 1 is 1.86 bits per heavy atom. The average molecular weight is 102 g/mol. The molecule has 2 heteroatoms. The van der Waals surface area contributed by atoms with Crippen LogP contribution in [0.2, 0.25) is 0 Å². The van der Waals surface area contributed by atoms with Gasteiger partial charge in [0.05, 0.1) is 5.76 Å². The highest BCUT2D eigenvalue weighted by Gasteiger charge is 1.80. The van der Waals surface area contributed by atoms with Crippen molar-refractivity contribution in [3.8, 4) is 0 Å². The summed E-state index contributed by atoms with van der Waals surface area (Å²) in [6.07, 6.45) is 0.944. The molecule has 0 fully saturated rings. The second kappa shape index (κ2) is 2.39. The van der Waals surface area contributed by atoms with E-state index in [1.807, 2.05) is 0 Å². The Morgan fingerprint density at radius 3 is 2.29 bits per heavy atom. The zero-order chi connectivity index (χ0) is 5.86. The molecule has 7 heavy (non-hydrogen) atoms. The molecule has 0 aliphatic carbocycles. The fourth-order valence-electron chi connectivity index (χ4n) is 0.227. The van der Waals surface area contributed by atoms with Crippen LogP contribution in [0.3, 0.4) is 0 Å². The molecule has 0 saturated carbocycles. The van der Waals surface area contributed by atoms with Crippen molar-refractivity contribution in [3.63, 3.8) is 0 Å². The number of allylic oxidation sites excluding steroid dienone is 3. The fourth-order valence-corrected chi connectivity index (χ4v) is 0.227. The van der Waals surface area contributed by atoms with Crippen LogP contribution in [0.25, 0.3) is 0 Å². The molecule has 0 aromatic rings. The van der Waals surface area contributed by atoms with E-state index in [4.69, 9.17) is 5.11 Å². The summed E-state index contributed by atoms with van der Waals surface area (Å²) < 4.78 is 11.5. The van der Waals surface area contributed by atoms with Crippen LogP contribution < -0.4 is 0 Å². The van der Waals surface area contributed by atoms with Gasteiger partial charge in [0.2, 0.25) is 0 Å². The Balaban J connectivity index is 3.68. The van der Waals surface area contributed by atoms with Crippen LogP contribution in [0.4, 0.5) is 4.39 Å². The van der Waals surface area contributed by atoms with Crippen molar-refractivity contribution in [1.29, 1.82) is 0 Å². The molecule has 0 amide bonds. The summed E-state index contributed by atoms with van der Waals surface area (Å²) in [4.78, 5) is 0. The van der Waals surface area contributed by atoms with Crippen molar-refractivity contribution < 1.29 is 9.50 Å². The topological polar surface area (TPSA) is 20.2 Å². The molecule has 0 heterocycles. The molecule has 0 aliphatic heterocycles. The van der Waals surface area contributed by atoms with Gasteiger partial charge in [0.1, 0.15) is 5.83 Å². The number of hydrogen-bond donors (Lipinski definition) is 1. The summed E-state index contributed by atoms with van der Waals surface area (Å²) in [7, 11) is 0. The van der Waals surface area contributed by atoms with Crippen molar-refractivity contribution in [2.45, 2.75) is 6.92 Å². The van der Waals surface area contributed by atoms with E-state index >= 15 is 0 Å². The minimum Gasteiger partial charge on any atom is -0.513 e. The van der Waals surface area contributed by atoms with Crippen LogP contribution in [-0.2, 0) is 0 Å². The van der Waals surface area contributed by atoms with Crippen molar-refractivity contribution >= 4 is 0 Å². The summed E-state index contributed by atoms with van der Waals surface area (Å²) in [6.45, 7) is 4.27. The minimum atomic E-state index is -0.625. The van der Waals surface area contributed by atoms with Gasteiger partial charge in [0.25, 0.3) is 0 Å². The van der Waals surface area contributed by atoms with Crippen molar-refractivity contribution in [1.82, 2.24) is 0 Å². The van der Waals surface area contributed by atoms with Gasteiger partial charge >= 0.3 is 0 Å².